The largest absolute Gasteiger partial charge is 0.492 e. The number of carbonyl (C=O) groups excluding carboxylic acids is 1. The monoisotopic (exact) mass is 262 g/mol. The highest BCUT2D eigenvalue weighted by Gasteiger charge is 2.31. The fraction of sp³-hybridized carbons (Fsp3) is 0.533. The fourth-order valence-electron chi connectivity index (χ4n) is 2.33. The van der Waals surface area contributed by atoms with Gasteiger partial charge in [-0.15, -0.1) is 0 Å². The summed E-state index contributed by atoms with van der Waals surface area (Å²) in [5.41, 5.74) is 0. The Balaban J connectivity index is 1.75. The van der Waals surface area contributed by atoms with Crippen LogP contribution in [0.15, 0.2) is 30.3 Å². The molecule has 1 aromatic carbocycles. The number of para-hydroxylation sites is 1. The first-order valence-corrected chi connectivity index (χ1v) is 6.84. The lowest BCUT2D eigenvalue weighted by Gasteiger charge is -2.23. The lowest BCUT2D eigenvalue weighted by molar-refractivity contribution is -0.132. The number of hydrogen-bond acceptors (Lipinski definition) is 3. The predicted octanol–water partition coefficient (Wildman–Crippen LogP) is 1.52. The summed E-state index contributed by atoms with van der Waals surface area (Å²) >= 11 is 0. The summed E-state index contributed by atoms with van der Waals surface area (Å²) in [6, 6.07) is 9.64. The number of carbonyl (C=O) groups is 1. The highest BCUT2D eigenvalue weighted by atomic mass is 16.5. The SMILES string of the molecule is CC1CCNC1C(=O)N(C)CCOc1ccccc1. The normalized spacial score (nSPS) is 22.2. The standard InChI is InChI=1S/C15H22N2O2/c1-12-8-9-16-14(12)15(18)17(2)10-11-19-13-6-4-3-5-7-13/h3-7,12,14,16H,8-11H2,1-2H3. The highest BCUT2D eigenvalue weighted by Crippen LogP contribution is 2.16. The molecule has 0 aromatic heterocycles. The van der Waals surface area contributed by atoms with Crippen molar-refractivity contribution in [1.29, 1.82) is 0 Å². The third-order valence-corrected chi connectivity index (χ3v) is 3.61. The van der Waals surface area contributed by atoms with E-state index in [1.165, 1.54) is 0 Å². The molecule has 1 saturated heterocycles. The molecular formula is C15H22N2O2. The van der Waals surface area contributed by atoms with Crippen LogP contribution in [0.5, 0.6) is 5.75 Å². The fourth-order valence-corrected chi connectivity index (χ4v) is 2.33. The third-order valence-electron chi connectivity index (χ3n) is 3.61. The van der Waals surface area contributed by atoms with Gasteiger partial charge in [0.15, 0.2) is 0 Å². The van der Waals surface area contributed by atoms with E-state index < -0.39 is 0 Å². The summed E-state index contributed by atoms with van der Waals surface area (Å²) in [5.74, 6) is 1.43. The van der Waals surface area contributed by atoms with Crippen LogP contribution in [0, 0.1) is 5.92 Å². The van der Waals surface area contributed by atoms with Crippen molar-refractivity contribution in [3.8, 4) is 5.75 Å². The Morgan fingerprint density at radius 1 is 1.42 bits per heavy atom. The number of benzene rings is 1. The van der Waals surface area contributed by atoms with E-state index in [2.05, 4.69) is 12.2 Å². The van der Waals surface area contributed by atoms with Crippen molar-refractivity contribution in [2.45, 2.75) is 19.4 Å². The van der Waals surface area contributed by atoms with Crippen LogP contribution in [0.25, 0.3) is 0 Å². The molecule has 2 rings (SSSR count). The second-order valence-corrected chi connectivity index (χ2v) is 5.12. The molecule has 2 unspecified atom stereocenters. The van der Waals surface area contributed by atoms with Crippen LogP contribution in [0.1, 0.15) is 13.3 Å². The average molecular weight is 262 g/mol. The van der Waals surface area contributed by atoms with E-state index in [1.807, 2.05) is 37.4 Å². The number of likely N-dealkylation sites (N-methyl/N-ethyl adjacent to an activating group) is 1. The Kier molecular flexibility index (Phi) is 4.80. The van der Waals surface area contributed by atoms with Crippen LogP contribution in [0.4, 0.5) is 0 Å². The lowest BCUT2D eigenvalue weighted by Crippen LogP contribution is -2.45. The first-order chi connectivity index (χ1) is 9.18. The molecule has 1 amide bonds. The van der Waals surface area contributed by atoms with Crippen molar-refractivity contribution >= 4 is 5.91 Å². The minimum absolute atomic E-state index is 0.0262. The molecule has 0 saturated carbocycles. The molecular weight excluding hydrogens is 240 g/mol. The maximum Gasteiger partial charge on any atom is 0.239 e. The number of amides is 1. The van der Waals surface area contributed by atoms with Crippen molar-refractivity contribution < 1.29 is 9.53 Å². The molecule has 0 bridgehead atoms. The molecule has 0 aliphatic carbocycles. The van der Waals surface area contributed by atoms with E-state index >= 15 is 0 Å². The Labute approximate surface area is 114 Å². The van der Waals surface area contributed by atoms with Crippen LogP contribution < -0.4 is 10.1 Å². The van der Waals surface area contributed by atoms with Gasteiger partial charge >= 0.3 is 0 Å². The van der Waals surface area contributed by atoms with Gasteiger partial charge in [-0.2, -0.15) is 0 Å². The smallest absolute Gasteiger partial charge is 0.239 e. The topological polar surface area (TPSA) is 41.6 Å². The summed E-state index contributed by atoms with van der Waals surface area (Å²) < 4.78 is 5.60. The minimum Gasteiger partial charge on any atom is -0.492 e. The van der Waals surface area contributed by atoms with Gasteiger partial charge < -0.3 is 15.0 Å². The van der Waals surface area contributed by atoms with Gasteiger partial charge in [0.05, 0.1) is 12.6 Å². The summed E-state index contributed by atoms with van der Waals surface area (Å²) in [6.45, 7) is 4.19. The van der Waals surface area contributed by atoms with E-state index in [9.17, 15) is 4.79 Å². The van der Waals surface area contributed by atoms with Gasteiger partial charge in [0.1, 0.15) is 12.4 Å². The molecule has 1 aromatic rings. The molecule has 1 aliphatic rings. The van der Waals surface area contributed by atoms with Crippen molar-refractivity contribution in [3.63, 3.8) is 0 Å². The van der Waals surface area contributed by atoms with Gasteiger partial charge in [0.2, 0.25) is 5.91 Å². The van der Waals surface area contributed by atoms with E-state index in [-0.39, 0.29) is 11.9 Å². The Bertz CT molecular complexity index is 408. The van der Waals surface area contributed by atoms with Gasteiger partial charge in [0.25, 0.3) is 0 Å². The maximum absolute atomic E-state index is 12.2. The average Bonchev–Trinajstić information content (AvgIpc) is 2.85. The third kappa shape index (κ3) is 3.70. The second kappa shape index (κ2) is 6.57. The minimum atomic E-state index is -0.0262. The number of nitrogens with one attached hydrogen (secondary N) is 1. The summed E-state index contributed by atoms with van der Waals surface area (Å²) in [4.78, 5) is 14.0. The van der Waals surface area contributed by atoms with E-state index in [4.69, 9.17) is 4.74 Å². The van der Waals surface area contributed by atoms with Crippen molar-refractivity contribution in [2.24, 2.45) is 5.92 Å². The van der Waals surface area contributed by atoms with Gasteiger partial charge in [-0.05, 0) is 31.0 Å². The van der Waals surface area contributed by atoms with Gasteiger partial charge in [-0.3, -0.25) is 4.79 Å². The molecule has 1 heterocycles. The summed E-state index contributed by atoms with van der Waals surface area (Å²) in [5, 5.41) is 3.26. The van der Waals surface area contributed by atoms with E-state index in [1.54, 1.807) is 4.90 Å². The zero-order chi connectivity index (χ0) is 13.7. The number of rotatable bonds is 5. The molecule has 4 heteroatoms. The van der Waals surface area contributed by atoms with E-state index in [0.717, 1.165) is 18.7 Å². The van der Waals surface area contributed by atoms with Crippen LogP contribution in [0.3, 0.4) is 0 Å². The second-order valence-electron chi connectivity index (χ2n) is 5.12. The Morgan fingerprint density at radius 3 is 2.79 bits per heavy atom. The molecule has 0 radical (unpaired) electrons. The van der Waals surface area contributed by atoms with Crippen LogP contribution in [-0.4, -0.2) is 43.6 Å². The maximum atomic E-state index is 12.2. The molecule has 4 nitrogen and oxygen atoms in total. The predicted molar refractivity (Wildman–Crippen MR) is 75.1 cm³/mol. The van der Waals surface area contributed by atoms with E-state index in [0.29, 0.717) is 19.1 Å². The molecule has 1 aliphatic heterocycles. The molecule has 1 fully saturated rings. The molecule has 19 heavy (non-hydrogen) atoms. The quantitative estimate of drug-likeness (QED) is 0.875. The van der Waals surface area contributed by atoms with Gasteiger partial charge in [-0.25, -0.2) is 0 Å². The van der Waals surface area contributed by atoms with Crippen molar-refractivity contribution in [2.75, 3.05) is 26.7 Å². The van der Waals surface area contributed by atoms with Crippen LogP contribution >= 0.6 is 0 Å². The van der Waals surface area contributed by atoms with Crippen molar-refractivity contribution in [3.05, 3.63) is 30.3 Å². The molecule has 2 atom stereocenters. The summed E-state index contributed by atoms with van der Waals surface area (Å²) in [7, 11) is 1.84. The molecule has 104 valence electrons. The lowest BCUT2D eigenvalue weighted by atomic mass is 10.0. The Hall–Kier alpha value is -1.55. The highest BCUT2D eigenvalue weighted by molar-refractivity contribution is 5.82. The molecule has 0 spiro atoms. The van der Waals surface area contributed by atoms with Gasteiger partial charge in [-0.1, -0.05) is 25.1 Å². The van der Waals surface area contributed by atoms with Crippen LogP contribution in [0.2, 0.25) is 0 Å². The number of hydrogen-bond donors (Lipinski definition) is 1. The zero-order valence-corrected chi connectivity index (χ0v) is 11.6. The van der Waals surface area contributed by atoms with Crippen molar-refractivity contribution in [1.82, 2.24) is 10.2 Å². The van der Waals surface area contributed by atoms with Crippen LogP contribution in [-0.2, 0) is 4.79 Å². The first-order valence-electron chi connectivity index (χ1n) is 6.84. The number of ether oxygens (including phenoxy) is 1. The Morgan fingerprint density at radius 2 is 2.16 bits per heavy atom. The summed E-state index contributed by atoms with van der Waals surface area (Å²) in [6.07, 6.45) is 1.07. The zero-order valence-electron chi connectivity index (χ0n) is 11.6. The first kappa shape index (κ1) is 13.9. The molecule has 1 N–H and O–H groups in total. The number of nitrogens with zero attached hydrogens (tertiary/aromatic N) is 1. The van der Waals surface area contributed by atoms with Gasteiger partial charge in [0, 0.05) is 7.05 Å².